The Kier molecular flexibility index (Phi) is 7.11. The Morgan fingerprint density at radius 1 is 0.581 bits per heavy atom. The molecule has 0 spiro atoms. The Bertz CT molecular complexity index is 1770. The largest absolute Gasteiger partial charge is 0.208 e. The van der Waals surface area contributed by atoms with Crippen molar-refractivity contribution < 1.29 is 0 Å². The van der Waals surface area contributed by atoms with Crippen molar-refractivity contribution in [3.8, 4) is 51.4 Å². The van der Waals surface area contributed by atoms with Crippen LogP contribution in [0.15, 0.2) is 103 Å². The summed E-state index contributed by atoms with van der Waals surface area (Å²) in [5.41, 5.74) is 7.46. The standard InChI is InChI=1S/C39H36N4/c1-26-20-29-21-27(2)23-39(22-26,24-29)33-18-16-30(17-19-33)34-10-6-7-11-35(34)38-42-36(31-8-4-3-5-9-31)41-37(43-38)32-14-12-28(25-40)13-15-32/h3-19,26-27,29H,20-24H2,1-2H3/t26-,27+,29?,39?. The number of nitrogens with zero attached hydrogens (tertiary/aromatic N) is 4. The molecule has 0 amide bonds. The molecule has 2 unspecified atom stereocenters. The average Bonchev–Trinajstić information content (AvgIpc) is 3.04. The second-order valence-electron chi connectivity index (χ2n) is 12.9. The predicted octanol–water partition coefficient (Wildman–Crippen LogP) is 9.52. The van der Waals surface area contributed by atoms with E-state index >= 15 is 0 Å². The molecule has 1 aromatic heterocycles. The predicted molar refractivity (Wildman–Crippen MR) is 173 cm³/mol. The highest BCUT2D eigenvalue weighted by atomic mass is 15.0. The van der Waals surface area contributed by atoms with E-state index in [-0.39, 0.29) is 0 Å². The molecule has 4 heteroatoms. The van der Waals surface area contributed by atoms with Gasteiger partial charge in [0, 0.05) is 16.7 Å². The van der Waals surface area contributed by atoms with Crippen LogP contribution in [0.25, 0.3) is 45.3 Å². The van der Waals surface area contributed by atoms with E-state index in [9.17, 15) is 5.26 Å². The molecule has 0 radical (unpaired) electrons. The molecule has 2 bridgehead atoms. The van der Waals surface area contributed by atoms with Gasteiger partial charge in [0.2, 0.25) is 0 Å². The van der Waals surface area contributed by atoms with E-state index in [1.165, 1.54) is 43.2 Å². The number of aromatic nitrogens is 3. The molecule has 4 nitrogen and oxygen atoms in total. The van der Waals surface area contributed by atoms with Crippen LogP contribution in [0, 0.1) is 29.1 Å². The first-order valence-corrected chi connectivity index (χ1v) is 15.5. The van der Waals surface area contributed by atoms with Gasteiger partial charge in [-0.05, 0) is 96.2 Å². The van der Waals surface area contributed by atoms with Gasteiger partial charge in [-0.2, -0.15) is 5.26 Å². The molecule has 4 atom stereocenters. The summed E-state index contributed by atoms with van der Waals surface area (Å²) < 4.78 is 0. The van der Waals surface area contributed by atoms with E-state index in [0.717, 1.165) is 40.0 Å². The van der Waals surface area contributed by atoms with Gasteiger partial charge in [0.1, 0.15) is 0 Å². The van der Waals surface area contributed by atoms with Crippen LogP contribution in [0.5, 0.6) is 0 Å². The lowest BCUT2D eigenvalue weighted by atomic mass is 9.54. The van der Waals surface area contributed by atoms with Crippen molar-refractivity contribution in [2.45, 2.75) is 51.4 Å². The molecule has 5 aromatic rings. The van der Waals surface area contributed by atoms with Crippen LogP contribution in [0.1, 0.15) is 57.1 Å². The van der Waals surface area contributed by atoms with Gasteiger partial charge < -0.3 is 0 Å². The quantitative estimate of drug-likeness (QED) is 0.215. The van der Waals surface area contributed by atoms with E-state index in [0.29, 0.717) is 28.5 Å². The van der Waals surface area contributed by atoms with Gasteiger partial charge in [-0.3, -0.25) is 0 Å². The summed E-state index contributed by atoms with van der Waals surface area (Å²) in [5, 5.41) is 9.29. The molecule has 0 saturated heterocycles. The van der Waals surface area contributed by atoms with Gasteiger partial charge in [-0.15, -0.1) is 0 Å². The first kappa shape index (κ1) is 27.2. The van der Waals surface area contributed by atoms with Crippen LogP contribution in [0.4, 0.5) is 0 Å². The normalized spacial score (nSPS) is 23.0. The Labute approximate surface area is 254 Å². The molecular formula is C39H36N4. The van der Waals surface area contributed by atoms with Crippen molar-refractivity contribution in [1.29, 1.82) is 5.26 Å². The molecule has 212 valence electrons. The second kappa shape index (κ2) is 11.2. The summed E-state index contributed by atoms with van der Waals surface area (Å²) in [5.74, 6) is 4.29. The van der Waals surface area contributed by atoms with Crippen LogP contribution < -0.4 is 0 Å². The van der Waals surface area contributed by atoms with Crippen LogP contribution in [-0.2, 0) is 5.41 Å². The third-order valence-electron chi connectivity index (χ3n) is 9.55. The highest BCUT2D eigenvalue weighted by Gasteiger charge is 2.45. The lowest BCUT2D eigenvalue weighted by Gasteiger charge is -2.50. The van der Waals surface area contributed by atoms with Gasteiger partial charge >= 0.3 is 0 Å². The molecule has 0 aliphatic heterocycles. The first-order chi connectivity index (χ1) is 21.0. The first-order valence-electron chi connectivity index (χ1n) is 15.5. The lowest BCUT2D eigenvalue weighted by molar-refractivity contribution is 0.0780. The molecule has 43 heavy (non-hydrogen) atoms. The molecule has 2 saturated carbocycles. The van der Waals surface area contributed by atoms with E-state index in [1.54, 1.807) is 12.1 Å². The topological polar surface area (TPSA) is 62.5 Å². The third-order valence-corrected chi connectivity index (χ3v) is 9.55. The Morgan fingerprint density at radius 2 is 1.12 bits per heavy atom. The van der Waals surface area contributed by atoms with Crippen molar-refractivity contribution in [2.75, 3.05) is 0 Å². The van der Waals surface area contributed by atoms with Crippen LogP contribution >= 0.6 is 0 Å². The lowest BCUT2D eigenvalue weighted by Crippen LogP contribution is -2.42. The average molecular weight is 561 g/mol. The summed E-state index contributed by atoms with van der Waals surface area (Å²) in [7, 11) is 0. The maximum Gasteiger partial charge on any atom is 0.164 e. The fraction of sp³-hybridized carbons (Fsp3) is 0.282. The molecule has 4 aromatic carbocycles. The highest BCUT2D eigenvalue weighted by Crippen LogP contribution is 2.54. The molecule has 2 fully saturated rings. The van der Waals surface area contributed by atoms with E-state index < -0.39 is 0 Å². The van der Waals surface area contributed by atoms with Gasteiger partial charge in [-0.25, -0.2) is 15.0 Å². The number of fused-ring (bicyclic) bond motifs is 2. The van der Waals surface area contributed by atoms with Crippen molar-refractivity contribution in [2.24, 2.45) is 17.8 Å². The smallest absolute Gasteiger partial charge is 0.164 e. The van der Waals surface area contributed by atoms with Crippen molar-refractivity contribution >= 4 is 0 Å². The minimum atomic E-state index is 0.312. The summed E-state index contributed by atoms with van der Waals surface area (Å²) in [6.45, 7) is 4.90. The maximum absolute atomic E-state index is 9.29. The summed E-state index contributed by atoms with van der Waals surface area (Å²) in [6, 6.07) is 37.4. The SMILES string of the molecule is C[C@@H]1CC2C[C@H](C)CC(c3ccc(-c4ccccc4-c4nc(-c5ccccc5)nc(-c5ccc(C#N)cc5)n4)cc3)(C2)C1. The molecule has 1 heterocycles. The number of nitriles is 1. The maximum atomic E-state index is 9.29. The monoisotopic (exact) mass is 560 g/mol. The van der Waals surface area contributed by atoms with Crippen molar-refractivity contribution in [3.63, 3.8) is 0 Å². The Morgan fingerprint density at radius 3 is 1.74 bits per heavy atom. The molecule has 7 rings (SSSR count). The van der Waals surface area contributed by atoms with E-state index in [1.807, 2.05) is 48.5 Å². The highest BCUT2D eigenvalue weighted by molar-refractivity contribution is 5.82. The van der Waals surface area contributed by atoms with Crippen molar-refractivity contribution in [3.05, 3.63) is 114 Å². The zero-order chi connectivity index (χ0) is 29.4. The number of hydrogen-bond donors (Lipinski definition) is 0. The zero-order valence-corrected chi connectivity index (χ0v) is 24.9. The zero-order valence-electron chi connectivity index (χ0n) is 24.9. The molecule has 2 aliphatic rings. The van der Waals surface area contributed by atoms with Gasteiger partial charge in [0.05, 0.1) is 11.6 Å². The number of benzene rings is 4. The molecular weight excluding hydrogens is 524 g/mol. The molecule has 2 aliphatic carbocycles. The Hall–Kier alpha value is -4.62. The fourth-order valence-corrected chi connectivity index (χ4v) is 8.03. The summed E-state index contributed by atoms with van der Waals surface area (Å²) in [6.07, 6.45) is 6.71. The molecule has 0 N–H and O–H groups in total. The summed E-state index contributed by atoms with van der Waals surface area (Å²) in [4.78, 5) is 14.8. The summed E-state index contributed by atoms with van der Waals surface area (Å²) >= 11 is 0. The minimum absolute atomic E-state index is 0.312. The minimum Gasteiger partial charge on any atom is -0.208 e. The number of rotatable bonds is 5. The van der Waals surface area contributed by atoms with Crippen LogP contribution in [0.3, 0.4) is 0 Å². The third kappa shape index (κ3) is 5.37. The van der Waals surface area contributed by atoms with E-state index in [2.05, 4.69) is 62.4 Å². The van der Waals surface area contributed by atoms with Crippen LogP contribution in [0.2, 0.25) is 0 Å². The van der Waals surface area contributed by atoms with Gasteiger partial charge in [-0.1, -0.05) is 92.7 Å². The van der Waals surface area contributed by atoms with E-state index in [4.69, 9.17) is 15.0 Å². The van der Waals surface area contributed by atoms with Gasteiger partial charge in [0.25, 0.3) is 0 Å². The fourth-order valence-electron chi connectivity index (χ4n) is 8.03. The second-order valence-corrected chi connectivity index (χ2v) is 12.9. The number of hydrogen-bond acceptors (Lipinski definition) is 4. The van der Waals surface area contributed by atoms with Crippen molar-refractivity contribution in [1.82, 2.24) is 15.0 Å². The Balaban J connectivity index is 1.30. The van der Waals surface area contributed by atoms with Gasteiger partial charge in [0.15, 0.2) is 17.5 Å². The van der Waals surface area contributed by atoms with Crippen LogP contribution in [-0.4, -0.2) is 15.0 Å².